The van der Waals surface area contributed by atoms with Gasteiger partial charge in [0.15, 0.2) is 5.78 Å². The molecule has 0 spiro atoms. The second-order valence-corrected chi connectivity index (χ2v) is 6.90. The summed E-state index contributed by atoms with van der Waals surface area (Å²) in [5.74, 6) is -1.74. The number of halogens is 4. The molecule has 0 aliphatic heterocycles. The molecule has 0 heterocycles. The minimum atomic E-state index is -0.975. The minimum Gasteiger partial charge on any atom is -0.292 e. The van der Waals surface area contributed by atoms with Gasteiger partial charge in [-0.2, -0.15) is 0 Å². The molecule has 0 amide bonds. The Bertz CT molecular complexity index is 429. The number of benzene rings is 1. The Labute approximate surface area is 95.7 Å². The van der Waals surface area contributed by atoms with Crippen molar-refractivity contribution in [1.82, 2.24) is 0 Å². The van der Waals surface area contributed by atoms with E-state index < -0.39 is 14.9 Å². The lowest BCUT2D eigenvalue weighted by atomic mass is 10.1. The first-order valence-electron chi connectivity index (χ1n) is 3.82. The Morgan fingerprint density at radius 3 is 2.57 bits per heavy atom. The van der Waals surface area contributed by atoms with Gasteiger partial charge in [0.1, 0.15) is 14.9 Å². The number of carbonyl (C=O) groups excluding carboxylic acids is 1. The van der Waals surface area contributed by atoms with Crippen molar-refractivity contribution >= 4 is 37.6 Å². The summed E-state index contributed by atoms with van der Waals surface area (Å²) in [4.78, 5) is 11.6. The zero-order valence-corrected chi connectivity index (χ0v) is 9.95. The standard InChI is InChI=1S/C9H4Br2F2O/c10-9(11)3-6-5(8(9)14)1-4(12)2-7(6)13/h1-2H,3H2. The summed E-state index contributed by atoms with van der Waals surface area (Å²) in [6, 6.07) is 1.85. The highest BCUT2D eigenvalue weighted by Crippen LogP contribution is 2.42. The molecule has 0 saturated carbocycles. The Kier molecular flexibility index (Phi) is 2.27. The molecule has 0 saturated heterocycles. The average Bonchev–Trinajstić information content (AvgIpc) is 2.28. The maximum Gasteiger partial charge on any atom is 0.191 e. The van der Waals surface area contributed by atoms with Crippen molar-refractivity contribution in [2.24, 2.45) is 0 Å². The second kappa shape index (κ2) is 3.10. The van der Waals surface area contributed by atoms with E-state index in [1.54, 1.807) is 0 Å². The lowest BCUT2D eigenvalue weighted by Gasteiger charge is -2.07. The highest BCUT2D eigenvalue weighted by molar-refractivity contribution is 9.26. The number of carbonyl (C=O) groups is 1. The van der Waals surface area contributed by atoms with Crippen molar-refractivity contribution in [3.8, 4) is 0 Å². The van der Waals surface area contributed by atoms with Crippen molar-refractivity contribution in [1.29, 1.82) is 0 Å². The number of hydrogen-bond acceptors (Lipinski definition) is 1. The molecular formula is C9H4Br2F2O. The van der Waals surface area contributed by atoms with Crippen LogP contribution in [0.25, 0.3) is 0 Å². The molecule has 1 aromatic carbocycles. The maximum absolute atomic E-state index is 13.2. The Hall–Kier alpha value is -0.290. The fourth-order valence-electron chi connectivity index (χ4n) is 1.49. The minimum absolute atomic E-state index is 0.108. The summed E-state index contributed by atoms with van der Waals surface area (Å²) in [5, 5.41) is 0. The predicted molar refractivity (Wildman–Crippen MR) is 55.0 cm³/mol. The van der Waals surface area contributed by atoms with Crippen LogP contribution in [0, 0.1) is 11.6 Å². The number of Topliss-reactive ketones (excluding diaryl/α,β-unsaturated/α-hetero) is 1. The molecule has 0 N–H and O–H groups in total. The van der Waals surface area contributed by atoms with Crippen molar-refractivity contribution in [2.75, 3.05) is 0 Å². The summed E-state index contributed by atoms with van der Waals surface area (Å²) in [6.45, 7) is 0. The van der Waals surface area contributed by atoms with Gasteiger partial charge in [-0.3, -0.25) is 4.79 Å². The van der Waals surface area contributed by atoms with Gasteiger partial charge < -0.3 is 0 Å². The molecule has 74 valence electrons. The summed E-state index contributed by atoms with van der Waals surface area (Å²) < 4.78 is 25.1. The smallest absolute Gasteiger partial charge is 0.191 e. The van der Waals surface area contributed by atoms with Gasteiger partial charge in [0.05, 0.1) is 0 Å². The normalized spacial score (nSPS) is 18.4. The Morgan fingerprint density at radius 1 is 1.29 bits per heavy atom. The number of fused-ring (bicyclic) bond motifs is 1. The lowest BCUT2D eigenvalue weighted by Crippen LogP contribution is -2.19. The van der Waals surface area contributed by atoms with Crippen LogP contribution in [0.15, 0.2) is 12.1 Å². The molecule has 14 heavy (non-hydrogen) atoms. The molecule has 0 fully saturated rings. The van der Waals surface area contributed by atoms with E-state index in [1.807, 2.05) is 0 Å². The van der Waals surface area contributed by atoms with Crippen LogP contribution in [0.1, 0.15) is 15.9 Å². The molecule has 1 aromatic rings. The first kappa shape index (κ1) is 10.2. The summed E-state index contributed by atoms with van der Waals surface area (Å²) in [5.41, 5.74) is 0.362. The monoisotopic (exact) mass is 324 g/mol. The highest BCUT2D eigenvalue weighted by atomic mass is 79.9. The van der Waals surface area contributed by atoms with Crippen molar-refractivity contribution in [3.05, 3.63) is 34.9 Å². The topological polar surface area (TPSA) is 17.1 Å². The van der Waals surface area contributed by atoms with Gasteiger partial charge in [-0.15, -0.1) is 0 Å². The number of hydrogen-bond donors (Lipinski definition) is 0. The van der Waals surface area contributed by atoms with Gasteiger partial charge in [-0.25, -0.2) is 8.78 Å². The largest absolute Gasteiger partial charge is 0.292 e. The lowest BCUT2D eigenvalue weighted by molar-refractivity contribution is 0.0994. The molecule has 2 rings (SSSR count). The van der Waals surface area contributed by atoms with E-state index in [0.29, 0.717) is 0 Å². The Morgan fingerprint density at radius 2 is 1.93 bits per heavy atom. The van der Waals surface area contributed by atoms with Crippen LogP contribution >= 0.6 is 31.9 Å². The molecule has 0 bridgehead atoms. The van der Waals surface area contributed by atoms with Crippen LogP contribution in [0.4, 0.5) is 8.78 Å². The van der Waals surface area contributed by atoms with E-state index in [-0.39, 0.29) is 23.3 Å². The first-order valence-corrected chi connectivity index (χ1v) is 5.41. The molecule has 0 atom stereocenters. The van der Waals surface area contributed by atoms with Crippen LogP contribution in [0.2, 0.25) is 0 Å². The van der Waals surface area contributed by atoms with Gasteiger partial charge in [0.2, 0.25) is 0 Å². The third-order valence-corrected chi connectivity index (χ3v) is 3.42. The molecule has 1 aliphatic rings. The van der Waals surface area contributed by atoms with E-state index in [9.17, 15) is 13.6 Å². The molecule has 0 radical (unpaired) electrons. The van der Waals surface area contributed by atoms with E-state index in [1.165, 1.54) is 0 Å². The third kappa shape index (κ3) is 1.42. The predicted octanol–water partition coefficient (Wildman–Crippen LogP) is 3.19. The van der Waals surface area contributed by atoms with Crippen LogP contribution in [-0.2, 0) is 6.42 Å². The zero-order valence-electron chi connectivity index (χ0n) is 6.78. The van der Waals surface area contributed by atoms with Gasteiger partial charge in [0.25, 0.3) is 0 Å². The van der Waals surface area contributed by atoms with Crippen molar-refractivity contribution in [3.63, 3.8) is 0 Å². The molecule has 0 unspecified atom stereocenters. The van der Waals surface area contributed by atoms with Crippen LogP contribution in [0.5, 0.6) is 0 Å². The number of ketones is 1. The van der Waals surface area contributed by atoms with Gasteiger partial charge in [-0.05, 0) is 6.07 Å². The van der Waals surface area contributed by atoms with E-state index >= 15 is 0 Å². The quantitative estimate of drug-likeness (QED) is 0.670. The zero-order chi connectivity index (χ0) is 10.5. The molecule has 5 heteroatoms. The summed E-state index contributed by atoms with van der Waals surface area (Å²) in [7, 11) is 0. The fourth-order valence-corrected chi connectivity index (χ4v) is 2.47. The van der Waals surface area contributed by atoms with E-state index in [4.69, 9.17) is 0 Å². The molecular weight excluding hydrogens is 322 g/mol. The third-order valence-electron chi connectivity index (χ3n) is 2.14. The Balaban J connectivity index is 2.65. The van der Waals surface area contributed by atoms with Gasteiger partial charge >= 0.3 is 0 Å². The van der Waals surface area contributed by atoms with E-state index in [2.05, 4.69) is 31.9 Å². The van der Waals surface area contributed by atoms with Gasteiger partial charge in [-0.1, -0.05) is 31.9 Å². The molecule has 1 aliphatic carbocycles. The van der Waals surface area contributed by atoms with Crippen LogP contribution < -0.4 is 0 Å². The first-order chi connectivity index (χ1) is 6.42. The average molecular weight is 326 g/mol. The fraction of sp³-hybridized carbons (Fsp3) is 0.222. The highest BCUT2D eigenvalue weighted by Gasteiger charge is 2.43. The van der Waals surface area contributed by atoms with Gasteiger partial charge in [0, 0.05) is 23.6 Å². The second-order valence-electron chi connectivity index (χ2n) is 3.12. The summed E-state index contributed by atoms with van der Waals surface area (Å²) >= 11 is 6.25. The summed E-state index contributed by atoms with van der Waals surface area (Å²) in [6.07, 6.45) is 0.188. The molecule has 1 nitrogen and oxygen atoms in total. The number of alkyl halides is 2. The van der Waals surface area contributed by atoms with Crippen LogP contribution in [-0.4, -0.2) is 9.02 Å². The number of rotatable bonds is 0. The maximum atomic E-state index is 13.2. The SMILES string of the molecule is O=C1c2cc(F)cc(F)c2CC1(Br)Br. The van der Waals surface area contributed by atoms with Crippen molar-refractivity contribution in [2.45, 2.75) is 9.65 Å². The van der Waals surface area contributed by atoms with Crippen molar-refractivity contribution < 1.29 is 13.6 Å². The van der Waals surface area contributed by atoms with E-state index in [0.717, 1.165) is 12.1 Å². The molecule has 0 aromatic heterocycles. The van der Waals surface area contributed by atoms with Crippen LogP contribution in [0.3, 0.4) is 0 Å².